The van der Waals surface area contributed by atoms with Gasteiger partial charge < -0.3 is 14.4 Å². The standard InChI is InChI=1S/C22H30N2O3/c1-23-14-17(6-8-21(23)25)16-5-7-20-18(13-16)15-26-22(27-20)9-11-24(12-10-22)19-3-2-4-19/h5,7,13,17,19H,2-4,6,8-12,14-15H2,1H3. The Hall–Kier alpha value is -1.59. The van der Waals surface area contributed by atoms with Gasteiger partial charge in [-0.3, -0.25) is 9.69 Å². The van der Waals surface area contributed by atoms with Gasteiger partial charge in [0.25, 0.3) is 0 Å². The van der Waals surface area contributed by atoms with E-state index in [-0.39, 0.29) is 5.91 Å². The lowest BCUT2D eigenvalue weighted by atomic mass is 9.88. The molecule has 3 heterocycles. The molecule has 1 amide bonds. The summed E-state index contributed by atoms with van der Waals surface area (Å²) in [5.74, 6) is 1.24. The Morgan fingerprint density at radius 1 is 1.15 bits per heavy atom. The van der Waals surface area contributed by atoms with Crippen molar-refractivity contribution in [3.05, 3.63) is 29.3 Å². The maximum absolute atomic E-state index is 11.7. The summed E-state index contributed by atoms with van der Waals surface area (Å²) < 4.78 is 12.7. The van der Waals surface area contributed by atoms with Crippen LogP contribution in [0.3, 0.4) is 0 Å². The van der Waals surface area contributed by atoms with Crippen LogP contribution in [0.2, 0.25) is 0 Å². The SMILES string of the molecule is CN1CC(c2ccc3c(c2)COC2(CCN(C4CCC4)CC2)O3)CCC1=O. The quantitative estimate of drug-likeness (QED) is 0.801. The lowest BCUT2D eigenvalue weighted by Gasteiger charge is -2.47. The van der Waals surface area contributed by atoms with Crippen LogP contribution in [0.25, 0.3) is 0 Å². The second kappa shape index (κ2) is 6.78. The van der Waals surface area contributed by atoms with Gasteiger partial charge in [-0.1, -0.05) is 12.5 Å². The maximum atomic E-state index is 11.7. The molecule has 1 aliphatic carbocycles. The molecule has 1 aromatic rings. The Kier molecular flexibility index (Phi) is 4.40. The first-order chi connectivity index (χ1) is 13.1. The summed E-state index contributed by atoms with van der Waals surface area (Å²) in [6.45, 7) is 3.61. The number of nitrogens with zero attached hydrogens (tertiary/aromatic N) is 2. The molecule has 1 aromatic carbocycles. The van der Waals surface area contributed by atoms with Crippen molar-refractivity contribution in [2.75, 3.05) is 26.7 Å². The van der Waals surface area contributed by atoms with Crippen LogP contribution >= 0.6 is 0 Å². The number of hydrogen-bond acceptors (Lipinski definition) is 4. The van der Waals surface area contributed by atoms with Crippen molar-refractivity contribution in [3.63, 3.8) is 0 Å². The molecule has 0 radical (unpaired) electrons. The molecular weight excluding hydrogens is 340 g/mol. The van der Waals surface area contributed by atoms with Gasteiger partial charge in [-0.2, -0.15) is 0 Å². The third-order valence-corrected chi connectivity index (χ3v) is 7.12. The van der Waals surface area contributed by atoms with Crippen LogP contribution < -0.4 is 4.74 Å². The maximum Gasteiger partial charge on any atom is 0.222 e. The fourth-order valence-corrected chi connectivity index (χ4v) is 5.02. The van der Waals surface area contributed by atoms with Gasteiger partial charge >= 0.3 is 0 Å². The van der Waals surface area contributed by atoms with Crippen molar-refractivity contribution in [1.29, 1.82) is 0 Å². The number of carbonyl (C=O) groups is 1. The van der Waals surface area contributed by atoms with Gasteiger partial charge in [0.2, 0.25) is 11.7 Å². The average molecular weight is 370 g/mol. The number of carbonyl (C=O) groups excluding carboxylic acids is 1. The van der Waals surface area contributed by atoms with Crippen molar-refractivity contribution >= 4 is 5.91 Å². The molecular formula is C22H30N2O3. The second-order valence-electron chi connectivity index (χ2n) is 8.80. The minimum Gasteiger partial charge on any atom is -0.462 e. The number of likely N-dealkylation sites (N-methyl/N-ethyl adjacent to an activating group) is 1. The first kappa shape index (κ1) is 17.5. The molecule has 1 spiro atoms. The molecule has 3 fully saturated rings. The van der Waals surface area contributed by atoms with Gasteiger partial charge in [0.15, 0.2) is 0 Å². The van der Waals surface area contributed by atoms with Gasteiger partial charge in [-0.25, -0.2) is 0 Å². The molecule has 3 aliphatic heterocycles. The number of fused-ring (bicyclic) bond motifs is 1. The van der Waals surface area contributed by atoms with Crippen LogP contribution in [0.1, 0.15) is 62.0 Å². The number of hydrogen-bond donors (Lipinski definition) is 0. The van der Waals surface area contributed by atoms with Gasteiger partial charge in [0.1, 0.15) is 5.75 Å². The Bertz CT molecular complexity index is 722. The summed E-state index contributed by atoms with van der Waals surface area (Å²) in [4.78, 5) is 16.2. The molecule has 1 unspecified atom stereocenters. The fraction of sp³-hybridized carbons (Fsp3) is 0.682. The van der Waals surface area contributed by atoms with Crippen molar-refractivity contribution in [3.8, 4) is 5.75 Å². The van der Waals surface area contributed by atoms with Crippen LogP contribution in [0.5, 0.6) is 5.75 Å². The third-order valence-electron chi connectivity index (χ3n) is 7.12. The summed E-state index contributed by atoms with van der Waals surface area (Å²) in [6, 6.07) is 7.36. The molecule has 0 aromatic heterocycles. The minimum atomic E-state index is -0.424. The normalized spacial score (nSPS) is 28.6. The summed E-state index contributed by atoms with van der Waals surface area (Å²) >= 11 is 0. The smallest absolute Gasteiger partial charge is 0.222 e. The zero-order chi connectivity index (χ0) is 18.4. The summed E-state index contributed by atoms with van der Waals surface area (Å²) in [5, 5.41) is 0. The molecule has 4 aliphatic rings. The highest BCUT2D eigenvalue weighted by atomic mass is 16.7. The Labute approximate surface area is 161 Å². The summed E-state index contributed by atoms with van der Waals surface area (Å²) in [5.41, 5.74) is 2.45. The van der Waals surface area contributed by atoms with Gasteiger partial charge in [-0.05, 0) is 37.0 Å². The van der Waals surface area contributed by atoms with E-state index in [4.69, 9.17) is 9.47 Å². The van der Waals surface area contributed by atoms with E-state index in [0.717, 1.165) is 56.3 Å². The van der Waals surface area contributed by atoms with E-state index < -0.39 is 5.79 Å². The van der Waals surface area contributed by atoms with Crippen molar-refractivity contribution in [2.45, 2.75) is 69.3 Å². The van der Waals surface area contributed by atoms with E-state index in [1.54, 1.807) is 0 Å². The van der Waals surface area contributed by atoms with Crippen LogP contribution in [-0.4, -0.2) is 54.2 Å². The molecule has 2 saturated heterocycles. The zero-order valence-corrected chi connectivity index (χ0v) is 16.3. The number of benzene rings is 1. The van der Waals surface area contributed by atoms with Gasteiger partial charge in [0.05, 0.1) is 6.61 Å². The fourth-order valence-electron chi connectivity index (χ4n) is 5.02. The largest absolute Gasteiger partial charge is 0.462 e. The molecule has 1 saturated carbocycles. The van der Waals surface area contributed by atoms with Gasteiger partial charge in [0, 0.05) is 63.5 Å². The highest BCUT2D eigenvalue weighted by Crippen LogP contribution is 2.40. The monoisotopic (exact) mass is 370 g/mol. The second-order valence-corrected chi connectivity index (χ2v) is 8.80. The Morgan fingerprint density at radius 2 is 1.96 bits per heavy atom. The predicted octanol–water partition coefficient (Wildman–Crippen LogP) is 3.28. The molecule has 146 valence electrons. The number of amides is 1. The predicted molar refractivity (Wildman–Crippen MR) is 103 cm³/mol. The number of rotatable bonds is 2. The van der Waals surface area contributed by atoms with E-state index in [1.807, 2.05) is 11.9 Å². The zero-order valence-electron chi connectivity index (χ0n) is 16.3. The first-order valence-corrected chi connectivity index (χ1v) is 10.6. The first-order valence-electron chi connectivity index (χ1n) is 10.6. The molecule has 0 bridgehead atoms. The highest BCUT2D eigenvalue weighted by molar-refractivity contribution is 5.76. The highest BCUT2D eigenvalue weighted by Gasteiger charge is 2.42. The molecule has 5 nitrogen and oxygen atoms in total. The van der Waals surface area contributed by atoms with Crippen molar-refractivity contribution in [1.82, 2.24) is 9.80 Å². The Balaban J connectivity index is 1.26. The summed E-state index contributed by atoms with van der Waals surface area (Å²) in [7, 11) is 1.90. The molecule has 0 N–H and O–H groups in total. The number of likely N-dealkylation sites (tertiary alicyclic amines) is 2. The van der Waals surface area contributed by atoms with Crippen molar-refractivity contribution in [2.24, 2.45) is 0 Å². The van der Waals surface area contributed by atoms with Crippen molar-refractivity contribution < 1.29 is 14.3 Å². The number of piperidine rings is 2. The van der Waals surface area contributed by atoms with Gasteiger partial charge in [-0.15, -0.1) is 0 Å². The van der Waals surface area contributed by atoms with E-state index in [1.165, 1.54) is 24.8 Å². The molecule has 5 heteroatoms. The lowest BCUT2D eigenvalue weighted by Crippen LogP contribution is -2.54. The van der Waals surface area contributed by atoms with Crippen LogP contribution in [0.15, 0.2) is 18.2 Å². The van der Waals surface area contributed by atoms with Crippen LogP contribution in [0.4, 0.5) is 0 Å². The number of ether oxygens (including phenoxy) is 2. The van der Waals surface area contributed by atoms with Crippen LogP contribution in [-0.2, 0) is 16.1 Å². The van der Waals surface area contributed by atoms with E-state index in [0.29, 0.717) is 18.9 Å². The van der Waals surface area contributed by atoms with E-state index in [2.05, 4.69) is 23.1 Å². The average Bonchev–Trinajstić information content (AvgIpc) is 2.64. The molecule has 27 heavy (non-hydrogen) atoms. The molecule has 5 rings (SSSR count). The van der Waals surface area contributed by atoms with Crippen LogP contribution in [0, 0.1) is 0 Å². The Morgan fingerprint density at radius 3 is 2.67 bits per heavy atom. The third kappa shape index (κ3) is 3.25. The van der Waals surface area contributed by atoms with E-state index in [9.17, 15) is 4.79 Å². The molecule has 1 atom stereocenters. The van der Waals surface area contributed by atoms with E-state index >= 15 is 0 Å². The lowest BCUT2D eigenvalue weighted by molar-refractivity contribution is -0.231. The topological polar surface area (TPSA) is 42.0 Å². The summed E-state index contributed by atoms with van der Waals surface area (Å²) in [6.07, 6.45) is 7.61. The minimum absolute atomic E-state index is 0.256.